The highest BCUT2D eigenvalue weighted by Crippen LogP contribution is 2.31. The summed E-state index contributed by atoms with van der Waals surface area (Å²) >= 11 is 0. The number of hydrogen-bond acceptors (Lipinski definition) is 6. The summed E-state index contributed by atoms with van der Waals surface area (Å²) in [7, 11) is 1.80. The molecule has 0 spiro atoms. The van der Waals surface area contributed by atoms with Crippen LogP contribution in [0.4, 0.5) is 0 Å². The average molecular weight is 349 g/mol. The number of carbonyl (C=O) groups is 1. The van der Waals surface area contributed by atoms with Gasteiger partial charge in [0.15, 0.2) is 6.19 Å². The molecule has 2 saturated heterocycles. The van der Waals surface area contributed by atoms with E-state index in [1.807, 2.05) is 11.1 Å². The fraction of sp³-hybridized carbons (Fsp3) is 0.889. The lowest BCUT2D eigenvalue weighted by Crippen LogP contribution is -2.50. The molecule has 0 aromatic heterocycles. The third kappa shape index (κ3) is 4.63. The molecule has 7 heteroatoms. The Labute approximate surface area is 150 Å². The van der Waals surface area contributed by atoms with Gasteiger partial charge in [-0.05, 0) is 56.8 Å². The quantitative estimate of drug-likeness (QED) is 0.501. The summed E-state index contributed by atoms with van der Waals surface area (Å²) < 4.78 is 5.46. The SMILES string of the molecule is COC1CCC(C2CC(C(=O)N3CCC[C@H](CNC#N)C3)NN2)CC1. The number of carbonyl (C=O) groups excluding carboxylic acids is 1. The molecule has 140 valence electrons. The highest BCUT2D eigenvalue weighted by molar-refractivity contribution is 5.82. The zero-order valence-corrected chi connectivity index (χ0v) is 15.2. The molecule has 2 aliphatic heterocycles. The molecule has 1 amide bonds. The Bertz CT molecular complexity index is 486. The summed E-state index contributed by atoms with van der Waals surface area (Å²) in [5.41, 5.74) is 6.62. The molecule has 25 heavy (non-hydrogen) atoms. The molecule has 0 aromatic rings. The van der Waals surface area contributed by atoms with Crippen molar-refractivity contribution in [1.29, 1.82) is 5.26 Å². The van der Waals surface area contributed by atoms with Crippen LogP contribution in [0, 0.1) is 23.3 Å². The van der Waals surface area contributed by atoms with Crippen molar-refractivity contribution < 1.29 is 9.53 Å². The van der Waals surface area contributed by atoms with E-state index in [2.05, 4.69) is 16.2 Å². The zero-order valence-electron chi connectivity index (χ0n) is 15.2. The Morgan fingerprint density at radius 3 is 2.80 bits per heavy atom. The molecule has 1 saturated carbocycles. The van der Waals surface area contributed by atoms with Crippen molar-refractivity contribution in [3.63, 3.8) is 0 Å². The van der Waals surface area contributed by atoms with E-state index in [0.717, 1.165) is 45.2 Å². The van der Waals surface area contributed by atoms with Crippen molar-refractivity contribution >= 4 is 5.91 Å². The van der Waals surface area contributed by atoms with E-state index in [4.69, 9.17) is 10.00 Å². The number of nitrogens with zero attached hydrogens (tertiary/aromatic N) is 2. The molecule has 3 atom stereocenters. The van der Waals surface area contributed by atoms with Gasteiger partial charge in [-0.25, -0.2) is 5.43 Å². The molecule has 2 heterocycles. The van der Waals surface area contributed by atoms with Gasteiger partial charge in [-0.15, -0.1) is 0 Å². The number of rotatable bonds is 5. The Hall–Kier alpha value is -1.36. The van der Waals surface area contributed by atoms with E-state index in [1.165, 1.54) is 12.8 Å². The van der Waals surface area contributed by atoms with Crippen molar-refractivity contribution in [2.45, 2.75) is 63.1 Å². The van der Waals surface area contributed by atoms with E-state index >= 15 is 0 Å². The lowest BCUT2D eigenvalue weighted by atomic mass is 9.81. The third-order valence-corrected chi connectivity index (χ3v) is 6.15. The number of nitrogens with one attached hydrogen (secondary N) is 3. The van der Waals surface area contributed by atoms with Crippen molar-refractivity contribution in [1.82, 2.24) is 21.1 Å². The minimum absolute atomic E-state index is 0.118. The van der Waals surface area contributed by atoms with Crippen LogP contribution < -0.4 is 16.2 Å². The molecule has 0 radical (unpaired) electrons. The molecular weight excluding hydrogens is 318 g/mol. The molecule has 0 aromatic carbocycles. The van der Waals surface area contributed by atoms with Crippen LogP contribution in [0.5, 0.6) is 0 Å². The Morgan fingerprint density at radius 2 is 2.08 bits per heavy atom. The summed E-state index contributed by atoms with van der Waals surface area (Å²) in [6.07, 6.45) is 9.96. The van der Waals surface area contributed by atoms with Crippen molar-refractivity contribution in [2.24, 2.45) is 11.8 Å². The maximum Gasteiger partial charge on any atom is 0.241 e. The second-order valence-electron chi connectivity index (χ2n) is 7.74. The van der Waals surface area contributed by atoms with Gasteiger partial charge >= 0.3 is 0 Å². The predicted octanol–water partition coefficient (Wildman–Crippen LogP) is 0.736. The summed E-state index contributed by atoms with van der Waals surface area (Å²) in [6, 6.07) is 0.264. The zero-order chi connectivity index (χ0) is 17.6. The maximum atomic E-state index is 12.9. The number of ether oxygens (including phenoxy) is 1. The molecule has 1 aliphatic carbocycles. The van der Waals surface area contributed by atoms with Gasteiger partial charge in [0.05, 0.1) is 6.10 Å². The van der Waals surface area contributed by atoms with Crippen molar-refractivity contribution in [3.8, 4) is 6.19 Å². The van der Waals surface area contributed by atoms with Gasteiger partial charge < -0.3 is 15.0 Å². The van der Waals surface area contributed by atoms with Crippen LogP contribution in [0.3, 0.4) is 0 Å². The Morgan fingerprint density at radius 1 is 1.28 bits per heavy atom. The van der Waals surface area contributed by atoms with E-state index in [0.29, 0.717) is 30.5 Å². The molecule has 3 rings (SSSR count). The maximum absolute atomic E-state index is 12.9. The lowest BCUT2D eigenvalue weighted by Gasteiger charge is -2.34. The topological polar surface area (TPSA) is 89.4 Å². The molecule has 3 N–H and O–H groups in total. The van der Waals surface area contributed by atoms with Crippen LogP contribution in [-0.2, 0) is 9.53 Å². The molecule has 2 unspecified atom stereocenters. The van der Waals surface area contributed by atoms with Crippen LogP contribution in [0.2, 0.25) is 0 Å². The van der Waals surface area contributed by atoms with Gasteiger partial charge in [0.1, 0.15) is 6.04 Å². The fourth-order valence-electron chi connectivity index (χ4n) is 4.62. The summed E-state index contributed by atoms with van der Waals surface area (Å²) in [4.78, 5) is 14.8. The first-order valence-corrected chi connectivity index (χ1v) is 9.65. The van der Waals surface area contributed by atoms with E-state index < -0.39 is 0 Å². The number of amides is 1. The Kier molecular flexibility index (Phi) is 6.51. The average Bonchev–Trinajstić information content (AvgIpc) is 3.16. The van der Waals surface area contributed by atoms with E-state index in [9.17, 15) is 4.79 Å². The minimum Gasteiger partial charge on any atom is -0.381 e. The predicted molar refractivity (Wildman–Crippen MR) is 94.1 cm³/mol. The van der Waals surface area contributed by atoms with Crippen molar-refractivity contribution in [3.05, 3.63) is 0 Å². The number of methoxy groups -OCH3 is 1. The van der Waals surface area contributed by atoms with Crippen molar-refractivity contribution in [2.75, 3.05) is 26.7 Å². The van der Waals surface area contributed by atoms with Crippen LogP contribution >= 0.6 is 0 Å². The van der Waals surface area contributed by atoms with Gasteiger partial charge in [-0.3, -0.25) is 10.2 Å². The number of likely N-dealkylation sites (tertiary alicyclic amines) is 1. The number of piperidine rings is 1. The largest absolute Gasteiger partial charge is 0.381 e. The first kappa shape index (κ1) is 18.4. The van der Waals surface area contributed by atoms with Gasteiger partial charge in [0.25, 0.3) is 0 Å². The molecular formula is C18H31N5O2. The third-order valence-electron chi connectivity index (χ3n) is 6.15. The molecule has 0 bridgehead atoms. The fourth-order valence-corrected chi connectivity index (χ4v) is 4.62. The van der Waals surface area contributed by atoms with Crippen LogP contribution in [0.15, 0.2) is 0 Å². The van der Waals surface area contributed by atoms with Crippen LogP contribution in [0.1, 0.15) is 44.9 Å². The summed E-state index contributed by atoms with van der Waals surface area (Å²) in [5, 5.41) is 11.4. The monoisotopic (exact) mass is 349 g/mol. The van der Waals surface area contributed by atoms with Gasteiger partial charge in [0.2, 0.25) is 5.91 Å². The number of hydrogen-bond donors (Lipinski definition) is 3. The summed E-state index contributed by atoms with van der Waals surface area (Å²) in [6.45, 7) is 2.26. The van der Waals surface area contributed by atoms with Crippen LogP contribution in [0.25, 0.3) is 0 Å². The smallest absolute Gasteiger partial charge is 0.241 e. The first-order valence-electron chi connectivity index (χ1n) is 9.65. The summed E-state index contributed by atoms with van der Waals surface area (Å²) in [5.74, 6) is 1.22. The highest BCUT2D eigenvalue weighted by atomic mass is 16.5. The normalized spacial score (nSPS) is 36.0. The van der Waals surface area contributed by atoms with Crippen LogP contribution in [-0.4, -0.2) is 55.7 Å². The van der Waals surface area contributed by atoms with E-state index in [1.54, 1.807) is 7.11 Å². The van der Waals surface area contributed by atoms with E-state index in [-0.39, 0.29) is 11.9 Å². The highest BCUT2D eigenvalue weighted by Gasteiger charge is 2.38. The number of nitriles is 1. The standard InChI is InChI=1S/C18H31N5O2/c1-25-15-6-4-14(5-7-15)16-9-17(22-21-16)18(24)23-8-2-3-13(11-23)10-20-12-19/h13-17,20-22H,2-11H2,1H3/t13-,14?,15?,16?,17?/m1/s1. The molecule has 3 aliphatic rings. The van der Waals surface area contributed by atoms with Gasteiger partial charge in [-0.1, -0.05) is 0 Å². The lowest BCUT2D eigenvalue weighted by molar-refractivity contribution is -0.135. The second-order valence-corrected chi connectivity index (χ2v) is 7.74. The Balaban J connectivity index is 1.46. The van der Waals surface area contributed by atoms with Gasteiger partial charge in [-0.2, -0.15) is 5.26 Å². The number of hydrazine groups is 1. The van der Waals surface area contributed by atoms with Gasteiger partial charge in [0, 0.05) is 32.8 Å². The second kappa shape index (κ2) is 8.84. The minimum atomic E-state index is -0.118. The molecule has 3 fully saturated rings. The molecule has 7 nitrogen and oxygen atoms in total. The first-order chi connectivity index (χ1) is 12.2.